The van der Waals surface area contributed by atoms with Gasteiger partial charge in [-0.05, 0) is 56.7 Å². The normalized spacial score (nSPS) is 19.9. The van der Waals surface area contributed by atoms with E-state index < -0.39 is 0 Å². The monoisotopic (exact) mass is 658 g/mol. The number of hydrogen-bond donors (Lipinski definition) is 1. The fraction of sp³-hybridized carbons (Fsp3) is 0.432. The van der Waals surface area contributed by atoms with Gasteiger partial charge < -0.3 is 15.1 Å². The molecule has 1 aromatic carbocycles. The number of nitriles is 1. The van der Waals surface area contributed by atoms with E-state index in [9.17, 15) is 10.1 Å². The predicted molar refractivity (Wildman–Crippen MR) is 188 cm³/mol. The molecule has 2 fully saturated rings. The van der Waals surface area contributed by atoms with Crippen molar-refractivity contribution in [3.05, 3.63) is 78.4 Å². The van der Waals surface area contributed by atoms with Gasteiger partial charge in [-0.2, -0.15) is 15.3 Å². The third-order valence-corrected chi connectivity index (χ3v) is 10.0. The molecule has 1 amide bonds. The van der Waals surface area contributed by atoms with E-state index in [1.54, 1.807) is 10.9 Å². The Bertz CT molecular complexity index is 1830. The van der Waals surface area contributed by atoms with Gasteiger partial charge in [0, 0.05) is 81.4 Å². The number of oxime groups is 1. The molecule has 3 aromatic heterocycles. The summed E-state index contributed by atoms with van der Waals surface area (Å²) in [5.41, 5.74) is 4.36. The molecule has 2 aliphatic heterocycles. The number of piperidine rings is 1. The van der Waals surface area contributed by atoms with Gasteiger partial charge in [0.25, 0.3) is 0 Å². The third-order valence-electron chi connectivity index (χ3n) is 10.0. The number of anilines is 3. The Balaban J connectivity index is 1.02. The summed E-state index contributed by atoms with van der Waals surface area (Å²) in [4.78, 5) is 37.9. The summed E-state index contributed by atoms with van der Waals surface area (Å²) in [7, 11) is 1.89. The Morgan fingerprint density at radius 1 is 1.04 bits per heavy atom. The van der Waals surface area contributed by atoms with Crippen LogP contribution in [0.15, 0.2) is 72.4 Å². The van der Waals surface area contributed by atoms with Crippen molar-refractivity contribution >= 4 is 29.2 Å². The topological polar surface area (TPSA) is 137 Å². The van der Waals surface area contributed by atoms with Crippen molar-refractivity contribution in [3.8, 4) is 17.2 Å². The SMILES string of the molecule is CC1=NOC2(CCN(c3nc(NC4CCC(N(C(=O)CCc5ccccc5)c5ccc(-c6cnn(C)c6)cn5)CC4)ncc3C#N)CC2)C1. The molecule has 0 bridgehead atoms. The second kappa shape index (κ2) is 14.0. The number of pyridine rings is 1. The Hall–Kier alpha value is -5.31. The molecular weight excluding hydrogens is 616 g/mol. The zero-order valence-electron chi connectivity index (χ0n) is 28.1. The van der Waals surface area contributed by atoms with Crippen molar-refractivity contribution in [3.63, 3.8) is 0 Å². The van der Waals surface area contributed by atoms with Crippen LogP contribution in [0, 0.1) is 11.3 Å². The molecule has 1 N–H and O–H groups in total. The minimum atomic E-state index is -0.228. The lowest BCUT2D eigenvalue weighted by Gasteiger charge is -2.38. The maximum atomic E-state index is 13.9. The average Bonchev–Trinajstić information content (AvgIpc) is 3.74. The van der Waals surface area contributed by atoms with E-state index in [4.69, 9.17) is 14.8 Å². The average molecular weight is 659 g/mol. The summed E-state index contributed by atoms with van der Waals surface area (Å²) in [5, 5.41) is 21.8. The molecule has 12 nitrogen and oxygen atoms in total. The molecule has 0 unspecified atom stereocenters. The smallest absolute Gasteiger partial charge is 0.228 e. The number of aromatic nitrogens is 5. The second-order valence-electron chi connectivity index (χ2n) is 13.5. The van der Waals surface area contributed by atoms with E-state index in [1.165, 1.54) is 0 Å². The van der Waals surface area contributed by atoms with Gasteiger partial charge in [-0.25, -0.2) is 9.97 Å². The van der Waals surface area contributed by atoms with Crippen LogP contribution < -0.4 is 15.1 Å². The van der Waals surface area contributed by atoms with E-state index in [0.717, 1.165) is 80.4 Å². The number of rotatable bonds is 9. The minimum absolute atomic E-state index is 0.0293. The summed E-state index contributed by atoms with van der Waals surface area (Å²) in [6.07, 6.45) is 14.2. The lowest BCUT2D eigenvalue weighted by atomic mass is 9.87. The van der Waals surface area contributed by atoms with Crippen LogP contribution in [-0.4, -0.2) is 67.1 Å². The first-order valence-corrected chi connectivity index (χ1v) is 17.2. The van der Waals surface area contributed by atoms with E-state index in [2.05, 4.69) is 43.7 Å². The maximum absolute atomic E-state index is 13.9. The van der Waals surface area contributed by atoms with E-state index in [-0.39, 0.29) is 23.6 Å². The molecule has 49 heavy (non-hydrogen) atoms. The predicted octanol–water partition coefficient (Wildman–Crippen LogP) is 5.67. The molecule has 3 aliphatic rings. The molecule has 5 heterocycles. The van der Waals surface area contributed by atoms with Gasteiger partial charge in [0.2, 0.25) is 11.9 Å². The quantitative estimate of drug-likeness (QED) is 0.241. The molecule has 1 aliphatic carbocycles. The summed E-state index contributed by atoms with van der Waals surface area (Å²) in [6.45, 7) is 3.49. The summed E-state index contributed by atoms with van der Waals surface area (Å²) < 4.78 is 1.77. The van der Waals surface area contributed by atoms with E-state index in [0.29, 0.717) is 36.0 Å². The number of amides is 1. The van der Waals surface area contributed by atoms with E-state index in [1.807, 2.05) is 67.8 Å². The Labute approximate surface area is 286 Å². The Kier molecular flexibility index (Phi) is 9.24. The van der Waals surface area contributed by atoms with Crippen molar-refractivity contribution in [2.75, 3.05) is 28.2 Å². The highest BCUT2D eigenvalue weighted by Crippen LogP contribution is 2.37. The van der Waals surface area contributed by atoms with E-state index >= 15 is 0 Å². The number of nitrogens with zero attached hydrogens (tertiary/aromatic N) is 9. The first kappa shape index (κ1) is 32.2. The molecule has 12 heteroatoms. The van der Waals surface area contributed by atoms with Crippen LogP contribution in [0.2, 0.25) is 0 Å². The Morgan fingerprint density at radius 2 is 1.84 bits per heavy atom. The van der Waals surface area contributed by atoms with Crippen LogP contribution >= 0.6 is 0 Å². The highest BCUT2D eigenvalue weighted by atomic mass is 16.7. The van der Waals surface area contributed by atoms with Gasteiger partial charge in [0.1, 0.15) is 23.1 Å². The fourth-order valence-electron chi connectivity index (χ4n) is 7.33. The zero-order chi connectivity index (χ0) is 33.8. The number of nitrogens with one attached hydrogen (secondary N) is 1. The van der Waals surface area contributed by atoms with Gasteiger partial charge in [-0.1, -0.05) is 35.5 Å². The van der Waals surface area contributed by atoms with Gasteiger partial charge in [-0.3, -0.25) is 14.4 Å². The largest absolute Gasteiger partial charge is 0.389 e. The third kappa shape index (κ3) is 7.26. The maximum Gasteiger partial charge on any atom is 0.228 e. The van der Waals surface area contributed by atoms with Gasteiger partial charge in [-0.15, -0.1) is 0 Å². The van der Waals surface area contributed by atoms with Gasteiger partial charge in [0.15, 0.2) is 5.82 Å². The lowest BCUT2D eigenvalue weighted by Crippen LogP contribution is -2.45. The van der Waals surface area contributed by atoms with Crippen LogP contribution in [0.1, 0.15) is 69.4 Å². The molecule has 0 radical (unpaired) electrons. The number of aryl methyl sites for hydroxylation is 2. The fourth-order valence-corrected chi connectivity index (χ4v) is 7.33. The second-order valence-corrected chi connectivity index (χ2v) is 13.5. The van der Waals surface area contributed by atoms with Crippen LogP contribution in [0.5, 0.6) is 0 Å². The Morgan fingerprint density at radius 3 is 2.49 bits per heavy atom. The zero-order valence-corrected chi connectivity index (χ0v) is 28.1. The first-order chi connectivity index (χ1) is 23.9. The summed E-state index contributed by atoms with van der Waals surface area (Å²) in [5.74, 6) is 1.94. The van der Waals surface area contributed by atoms with Gasteiger partial charge >= 0.3 is 0 Å². The molecule has 1 spiro atoms. The molecular formula is C37H42N10O2. The molecule has 0 atom stereocenters. The number of carbonyl (C=O) groups is 1. The van der Waals surface area contributed by atoms with Crippen LogP contribution in [-0.2, 0) is 23.1 Å². The first-order valence-electron chi connectivity index (χ1n) is 17.2. The van der Waals surface area contributed by atoms with Crippen molar-refractivity contribution in [2.45, 2.75) is 82.4 Å². The van der Waals surface area contributed by atoms with Crippen molar-refractivity contribution in [2.24, 2.45) is 12.2 Å². The molecule has 252 valence electrons. The summed E-state index contributed by atoms with van der Waals surface area (Å²) >= 11 is 0. The van der Waals surface area contributed by atoms with Crippen LogP contribution in [0.25, 0.3) is 11.1 Å². The van der Waals surface area contributed by atoms with Crippen molar-refractivity contribution < 1.29 is 9.63 Å². The number of carbonyl (C=O) groups excluding carboxylic acids is 1. The number of benzene rings is 1. The molecule has 1 saturated carbocycles. The summed E-state index contributed by atoms with van der Waals surface area (Å²) in [6, 6.07) is 16.6. The molecule has 7 rings (SSSR count). The van der Waals surface area contributed by atoms with Crippen LogP contribution in [0.3, 0.4) is 0 Å². The standard InChI is InChI=1S/C37H42N10O2/c1-26-20-37(49-44-26)16-18-46(19-17-37)35-29(21-38)23-40-36(43-35)42-31-10-12-32(13-11-31)47(34(48)15-8-27-6-4-3-5-7-27)33-14-9-28(22-39-33)30-24-41-45(2)25-30/h3-7,9,14,22-25,31-32H,8,10-13,15-20H2,1-2H3,(H,40,42,43). The van der Waals surface area contributed by atoms with Crippen LogP contribution in [0.4, 0.5) is 17.6 Å². The minimum Gasteiger partial charge on any atom is -0.389 e. The van der Waals surface area contributed by atoms with Gasteiger partial charge in [0.05, 0.1) is 18.1 Å². The lowest BCUT2D eigenvalue weighted by molar-refractivity contribution is -0.119. The van der Waals surface area contributed by atoms with Crippen molar-refractivity contribution in [1.29, 1.82) is 5.26 Å². The number of hydrogen-bond acceptors (Lipinski definition) is 10. The highest BCUT2D eigenvalue weighted by Gasteiger charge is 2.41. The molecule has 4 aromatic rings. The van der Waals surface area contributed by atoms with Crippen molar-refractivity contribution in [1.82, 2.24) is 24.7 Å². The highest BCUT2D eigenvalue weighted by molar-refractivity contribution is 5.93. The molecule has 1 saturated heterocycles.